The first-order chi connectivity index (χ1) is 13.6. The minimum Gasteiger partial charge on any atom is -0.356 e. The second kappa shape index (κ2) is 7.87. The molecule has 0 N–H and O–H groups in total. The van der Waals surface area contributed by atoms with E-state index in [1.165, 1.54) is 30.6 Å². The Kier molecular flexibility index (Phi) is 5.31. The molecule has 2 aromatic heterocycles. The maximum atomic E-state index is 13.4. The molecule has 4 rings (SSSR count). The van der Waals surface area contributed by atoms with Crippen LogP contribution in [-0.4, -0.2) is 35.5 Å². The molecule has 1 aliphatic heterocycles. The molecular weight excluding hydrogens is 368 g/mol. The Hall–Kier alpha value is -2.47. The lowest BCUT2D eigenvalue weighted by atomic mass is 10.1. The van der Waals surface area contributed by atoms with Crippen molar-refractivity contribution in [1.82, 2.24) is 9.97 Å². The lowest BCUT2D eigenvalue weighted by Crippen LogP contribution is -2.31. The molecule has 0 aliphatic carbocycles. The Bertz CT molecular complexity index is 993. The van der Waals surface area contributed by atoms with Gasteiger partial charge >= 0.3 is 0 Å². The van der Waals surface area contributed by atoms with Gasteiger partial charge in [0.25, 0.3) is 5.91 Å². The molecular formula is C22H26N4OS. The number of benzene rings is 1. The maximum Gasteiger partial charge on any atom is 0.268 e. The number of carbonyl (C=O) groups excluding carboxylic acids is 1. The van der Waals surface area contributed by atoms with Gasteiger partial charge in [0.1, 0.15) is 16.5 Å². The average molecular weight is 395 g/mol. The van der Waals surface area contributed by atoms with Gasteiger partial charge in [-0.2, -0.15) is 0 Å². The molecule has 0 atom stereocenters. The van der Waals surface area contributed by atoms with Gasteiger partial charge in [0.15, 0.2) is 0 Å². The Labute approximate surface area is 170 Å². The van der Waals surface area contributed by atoms with Crippen LogP contribution in [0.25, 0.3) is 10.2 Å². The molecule has 0 radical (unpaired) electrons. The van der Waals surface area contributed by atoms with E-state index in [1.807, 2.05) is 56.0 Å². The monoisotopic (exact) mass is 394 g/mol. The minimum absolute atomic E-state index is 0.0384. The Morgan fingerprint density at radius 2 is 1.82 bits per heavy atom. The van der Waals surface area contributed by atoms with Crippen LogP contribution in [-0.2, 0) is 0 Å². The fourth-order valence-electron chi connectivity index (χ4n) is 3.93. The fraction of sp³-hybridized carbons (Fsp3) is 0.409. The van der Waals surface area contributed by atoms with E-state index in [9.17, 15) is 4.79 Å². The number of para-hydroxylation sites is 1. The van der Waals surface area contributed by atoms with E-state index in [0.29, 0.717) is 6.54 Å². The molecule has 146 valence electrons. The number of aromatic nitrogens is 2. The van der Waals surface area contributed by atoms with Crippen LogP contribution >= 0.6 is 11.3 Å². The molecule has 6 heteroatoms. The van der Waals surface area contributed by atoms with Crippen molar-refractivity contribution in [3.8, 4) is 0 Å². The van der Waals surface area contributed by atoms with E-state index in [1.54, 1.807) is 0 Å². The highest BCUT2D eigenvalue weighted by Gasteiger charge is 2.26. The molecule has 1 aromatic carbocycles. The third-order valence-corrected chi connectivity index (χ3v) is 6.54. The van der Waals surface area contributed by atoms with Crippen LogP contribution in [0.2, 0.25) is 0 Å². The molecule has 0 unspecified atom stereocenters. The SMILES string of the molecule is CCN(C(=O)c1sc2nc(C)nc(N3CCCCC3)c2c1C)c1ccccc1. The molecule has 1 aliphatic rings. The number of thiophene rings is 1. The zero-order valence-corrected chi connectivity index (χ0v) is 17.6. The second-order valence-corrected chi connectivity index (χ2v) is 8.26. The summed E-state index contributed by atoms with van der Waals surface area (Å²) in [7, 11) is 0. The number of carbonyl (C=O) groups is 1. The smallest absolute Gasteiger partial charge is 0.268 e. The van der Waals surface area contributed by atoms with Crippen LogP contribution < -0.4 is 9.80 Å². The molecule has 5 nitrogen and oxygen atoms in total. The van der Waals surface area contributed by atoms with Crippen molar-refractivity contribution in [1.29, 1.82) is 0 Å². The second-order valence-electron chi connectivity index (χ2n) is 7.26. The van der Waals surface area contributed by atoms with Crippen molar-refractivity contribution >= 4 is 39.0 Å². The van der Waals surface area contributed by atoms with Gasteiger partial charge in [-0.15, -0.1) is 11.3 Å². The summed E-state index contributed by atoms with van der Waals surface area (Å²) in [6.45, 7) is 8.66. The third kappa shape index (κ3) is 3.37. The summed E-state index contributed by atoms with van der Waals surface area (Å²) in [5.74, 6) is 1.80. The van der Waals surface area contributed by atoms with Gasteiger partial charge in [0, 0.05) is 25.3 Å². The van der Waals surface area contributed by atoms with Gasteiger partial charge in [0.2, 0.25) is 0 Å². The summed E-state index contributed by atoms with van der Waals surface area (Å²) in [4.78, 5) is 28.7. The first-order valence-electron chi connectivity index (χ1n) is 9.99. The summed E-state index contributed by atoms with van der Waals surface area (Å²) < 4.78 is 0. The van der Waals surface area contributed by atoms with E-state index in [4.69, 9.17) is 4.98 Å². The molecule has 0 bridgehead atoms. The van der Waals surface area contributed by atoms with Gasteiger partial charge in [-0.1, -0.05) is 18.2 Å². The summed E-state index contributed by atoms with van der Waals surface area (Å²) in [5.41, 5.74) is 1.92. The molecule has 1 fully saturated rings. The van der Waals surface area contributed by atoms with E-state index < -0.39 is 0 Å². The normalized spacial score (nSPS) is 14.5. The third-order valence-electron chi connectivity index (χ3n) is 5.36. The van der Waals surface area contributed by atoms with Crippen LogP contribution in [0, 0.1) is 13.8 Å². The van der Waals surface area contributed by atoms with Crippen LogP contribution in [0.1, 0.15) is 47.2 Å². The number of aryl methyl sites for hydroxylation is 2. The summed E-state index contributed by atoms with van der Waals surface area (Å²) >= 11 is 1.49. The molecule has 0 spiro atoms. The Morgan fingerprint density at radius 1 is 1.11 bits per heavy atom. The minimum atomic E-state index is 0.0384. The predicted molar refractivity (Wildman–Crippen MR) is 117 cm³/mol. The quantitative estimate of drug-likeness (QED) is 0.627. The van der Waals surface area contributed by atoms with Crippen molar-refractivity contribution in [3.05, 3.63) is 46.6 Å². The van der Waals surface area contributed by atoms with Gasteiger partial charge in [0.05, 0.1) is 10.3 Å². The highest BCUT2D eigenvalue weighted by molar-refractivity contribution is 7.20. The number of anilines is 2. The number of nitrogens with zero attached hydrogens (tertiary/aromatic N) is 4. The van der Waals surface area contributed by atoms with E-state index in [0.717, 1.165) is 51.1 Å². The zero-order chi connectivity index (χ0) is 19.7. The molecule has 1 amide bonds. The highest BCUT2D eigenvalue weighted by Crippen LogP contribution is 2.37. The number of fused-ring (bicyclic) bond motifs is 1. The summed E-state index contributed by atoms with van der Waals surface area (Å²) in [5, 5.41) is 1.05. The number of hydrogen-bond acceptors (Lipinski definition) is 5. The number of amides is 1. The van der Waals surface area contributed by atoms with Crippen LogP contribution in [0.15, 0.2) is 30.3 Å². The lowest BCUT2D eigenvalue weighted by molar-refractivity contribution is 0.0991. The largest absolute Gasteiger partial charge is 0.356 e. The molecule has 1 saturated heterocycles. The first kappa shape index (κ1) is 18.9. The Balaban J connectivity index is 1.80. The van der Waals surface area contributed by atoms with Gasteiger partial charge in [-0.3, -0.25) is 4.79 Å². The van der Waals surface area contributed by atoms with Gasteiger partial charge in [-0.25, -0.2) is 9.97 Å². The van der Waals surface area contributed by atoms with Crippen LogP contribution in [0.5, 0.6) is 0 Å². The lowest BCUT2D eigenvalue weighted by Gasteiger charge is -2.28. The topological polar surface area (TPSA) is 49.3 Å². The standard InChI is InChI=1S/C22H26N4OS/c1-4-26(17-11-7-5-8-12-17)22(27)19-15(2)18-20(25-13-9-6-10-14-25)23-16(3)24-21(18)28-19/h5,7-8,11-12H,4,6,9-10,13-14H2,1-3H3. The van der Waals surface area contributed by atoms with Gasteiger partial charge < -0.3 is 9.80 Å². The number of rotatable bonds is 4. The number of piperidine rings is 1. The average Bonchev–Trinajstić information content (AvgIpc) is 3.05. The Morgan fingerprint density at radius 3 is 2.50 bits per heavy atom. The molecule has 28 heavy (non-hydrogen) atoms. The van der Waals surface area contributed by atoms with Crippen molar-refractivity contribution in [2.75, 3.05) is 29.4 Å². The number of hydrogen-bond donors (Lipinski definition) is 0. The molecule has 0 saturated carbocycles. The van der Waals surface area contributed by atoms with Crippen molar-refractivity contribution in [3.63, 3.8) is 0 Å². The van der Waals surface area contributed by atoms with Gasteiger partial charge in [-0.05, 0) is 57.7 Å². The summed E-state index contributed by atoms with van der Waals surface area (Å²) in [6, 6.07) is 9.86. The first-order valence-corrected chi connectivity index (χ1v) is 10.8. The summed E-state index contributed by atoms with van der Waals surface area (Å²) in [6.07, 6.45) is 3.66. The van der Waals surface area contributed by atoms with E-state index >= 15 is 0 Å². The van der Waals surface area contributed by atoms with E-state index in [-0.39, 0.29) is 5.91 Å². The maximum absolute atomic E-state index is 13.4. The van der Waals surface area contributed by atoms with Crippen molar-refractivity contribution < 1.29 is 4.79 Å². The predicted octanol–water partition coefficient (Wildman–Crippen LogP) is 4.97. The zero-order valence-electron chi connectivity index (χ0n) is 16.7. The van der Waals surface area contributed by atoms with Crippen molar-refractivity contribution in [2.24, 2.45) is 0 Å². The van der Waals surface area contributed by atoms with Crippen molar-refractivity contribution in [2.45, 2.75) is 40.0 Å². The molecule has 3 heterocycles. The molecule has 3 aromatic rings. The highest BCUT2D eigenvalue weighted by atomic mass is 32.1. The van der Waals surface area contributed by atoms with E-state index in [2.05, 4.69) is 9.88 Å². The van der Waals surface area contributed by atoms with Crippen LogP contribution in [0.4, 0.5) is 11.5 Å². The van der Waals surface area contributed by atoms with Crippen LogP contribution in [0.3, 0.4) is 0 Å². The fourth-order valence-corrected chi connectivity index (χ4v) is 5.10.